The summed E-state index contributed by atoms with van der Waals surface area (Å²) in [5.74, 6) is 1.52. The molecule has 0 unspecified atom stereocenters. The van der Waals surface area contributed by atoms with Gasteiger partial charge in [-0.25, -0.2) is 4.98 Å². The zero-order chi connectivity index (χ0) is 9.10. The van der Waals surface area contributed by atoms with Crippen LogP contribution in [0.1, 0.15) is 0 Å². The molecule has 4 nitrogen and oxygen atoms in total. The molecule has 0 amide bonds. The highest BCUT2D eigenvalue weighted by Crippen LogP contribution is 2.09. The van der Waals surface area contributed by atoms with Gasteiger partial charge >= 0.3 is 0 Å². The van der Waals surface area contributed by atoms with Crippen LogP contribution in [0.3, 0.4) is 0 Å². The highest BCUT2D eigenvalue weighted by Gasteiger charge is 2.04. The van der Waals surface area contributed by atoms with Crippen molar-refractivity contribution < 1.29 is 0 Å². The molecule has 0 bridgehead atoms. The van der Waals surface area contributed by atoms with E-state index in [2.05, 4.69) is 20.6 Å². The fraction of sp³-hybridized carbons (Fsp3) is 0.250. The van der Waals surface area contributed by atoms with Gasteiger partial charge < -0.3 is 10.6 Å². The van der Waals surface area contributed by atoms with Gasteiger partial charge in [0.15, 0.2) is 5.96 Å². The SMILES string of the molecule is Cl.Clc1ccc(NC2=NCCN2)nc1. The third kappa shape index (κ3) is 2.75. The van der Waals surface area contributed by atoms with Gasteiger partial charge in [-0.1, -0.05) is 11.6 Å². The number of anilines is 1. The van der Waals surface area contributed by atoms with E-state index in [1.165, 1.54) is 0 Å². The summed E-state index contributed by atoms with van der Waals surface area (Å²) in [5, 5.41) is 6.75. The molecule has 1 aliphatic heterocycles. The Bertz CT molecular complexity index is 323. The summed E-state index contributed by atoms with van der Waals surface area (Å²) in [6.07, 6.45) is 1.60. The Morgan fingerprint density at radius 2 is 2.29 bits per heavy atom. The van der Waals surface area contributed by atoms with Gasteiger partial charge in [-0.2, -0.15) is 0 Å². The van der Waals surface area contributed by atoms with Crippen molar-refractivity contribution in [2.24, 2.45) is 4.99 Å². The van der Waals surface area contributed by atoms with Gasteiger partial charge in [0.2, 0.25) is 0 Å². The second-order valence-corrected chi connectivity index (χ2v) is 3.08. The van der Waals surface area contributed by atoms with Crippen LogP contribution in [0, 0.1) is 0 Å². The highest BCUT2D eigenvalue weighted by atomic mass is 35.5. The largest absolute Gasteiger partial charge is 0.354 e. The van der Waals surface area contributed by atoms with Gasteiger partial charge in [0, 0.05) is 12.7 Å². The molecule has 0 atom stereocenters. The topological polar surface area (TPSA) is 49.3 Å². The van der Waals surface area contributed by atoms with Crippen LogP contribution in [0.2, 0.25) is 5.02 Å². The molecule has 2 heterocycles. The molecule has 0 spiro atoms. The van der Waals surface area contributed by atoms with E-state index in [9.17, 15) is 0 Å². The van der Waals surface area contributed by atoms with Crippen molar-refractivity contribution in [2.45, 2.75) is 0 Å². The second kappa shape index (κ2) is 5.02. The molecule has 2 N–H and O–H groups in total. The number of halogens is 2. The first-order valence-corrected chi connectivity index (χ1v) is 4.39. The summed E-state index contributed by atoms with van der Waals surface area (Å²) in [7, 11) is 0. The molecule has 1 aromatic heterocycles. The Labute approximate surface area is 93.2 Å². The Hall–Kier alpha value is -1.00. The van der Waals surface area contributed by atoms with Gasteiger partial charge in [0.05, 0.1) is 11.6 Å². The Morgan fingerprint density at radius 1 is 1.43 bits per heavy atom. The third-order valence-electron chi connectivity index (χ3n) is 1.65. The Morgan fingerprint density at radius 3 is 2.86 bits per heavy atom. The predicted molar refractivity (Wildman–Crippen MR) is 60.4 cm³/mol. The van der Waals surface area contributed by atoms with Gasteiger partial charge in [-0.3, -0.25) is 4.99 Å². The van der Waals surface area contributed by atoms with Crippen LogP contribution in [-0.4, -0.2) is 24.0 Å². The molecule has 6 heteroatoms. The zero-order valence-electron chi connectivity index (χ0n) is 7.33. The molecule has 1 aliphatic rings. The number of hydrogen-bond acceptors (Lipinski definition) is 4. The van der Waals surface area contributed by atoms with Crippen LogP contribution in [-0.2, 0) is 0 Å². The van der Waals surface area contributed by atoms with Crippen LogP contribution in [0.5, 0.6) is 0 Å². The summed E-state index contributed by atoms with van der Waals surface area (Å²) >= 11 is 5.69. The summed E-state index contributed by atoms with van der Waals surface area (Å²) in [5.41, 5.74) is 0. The first-order chi connectivity index (χ1) is 6.34. The fourth-order valence-electron chi connectivity index (χ4n) is 1.05. The minimum atomic E-state index is 0. The molecule has 0 aromatic carbocycles. The lowest BCUT2D eigenvalue weighted by Gasteiger charge is -2.04. The number of nitrogens with one attached hydrogen (secondary N) is 2. The molecule has 0 saturated heterocycles. The number of nitrogens with zero attached hydrogens (tertiary/aromatic N) is 2. The Kier molecular flexibility index (Phi) is 3.98. The molecule has 1 aromatic rings. The summed E-state index contributed by atoms with van der Waals surface area (Å²) in [6.45, 7) is 1.70. The van der Waals surface area contributed by atoms with Crippen molar-refractivity contribution in [1.29, 1.82) is 0 Å². The first-order valence-electron chi connectivity index (χ1n) is 4.01. The van der Waals surface area contributed by atoms with E-state index >= 15 is 0 Å². The van der Waals surface area contributed by atoms with Crippen LogP contribution in [0.15, 0.2) is 23.3 Å². The maximum atomic E-state index is 5.69. The molecular weight excluding hydrogens is 223 g/mol. The third-order valence-corrected chi connectivity index (χ3v) is 1.87. The normalized spacial score (nSPS) is 13.9. The maximum absolute atomic E-state index is 5.69. The van der Waals surface area contributed by atoms with E-state index in [1.807, 2.05) is 6.07 Å². The minimum absolute atomic E-state index is 0. The van der Waals surface area contributed by atoms with Gasteiger partial charge in [0.1, 0.15) is 5.82 Å². The van der Waals surface area contributed by atoms with Crippen LogP contribution >= 0.6 is 24.0 Å². The standard InChI is InChI=1S/C8H9ClN4.ClH/c9-6-1-2-7(12-5-6)13-8-10-3-4-11-8;/h1-2,5H,3-4H2,(H2,10,11,12,13);1H. The number of aliphatic imine (C=N–C) groups is 1. The number of guanidine groups is 1. The zero-order valence-corrected chi connectivity index (χ0v) is 8.90. The molecule has 0 saturated carbocycles. The quantitative estimate of drug-likeness (QED) is 0.773. The second-order valence-electron chi connectivity index (χ2n) is 2.64. The van der Waals surface area contributed by atoms with Crippen LogP contribution < -0.4 is 10.6 Å². The molecule has 0 fully saturated rings. The first kappa shape index (κ1) is 11.1. The molecular formula is C8H10Cl2N4. The lowest BCUT2D eigenvalue weighted by atomic mass is 10.4. The fourth-order valence-corrected chi connectivity index (χ4v) is 1.16. The number of pyridine rings is 1. The lowest BCUT2D eigenvalue weighted by molar-refractivity contribution is 0.958. The van der Waals surface area contributed by atoms with Crippen LogP contribution in [0.25, 0.3) is 0 Å². The van der Waals surface area contributed by atoms with E-state index in [1.54, 1.807) is 12.3 Å². The Balaban J connectivity index is 0.000000980. The number of aromatic nitrogens is 1. The monoisotopic (exact) mass is 232 g/mol. The average Bonchev–Trinajstić information content (AvgIpc) is 2.62. The van der Waals surface area contributed by atoms with Crippen molar-refractivity contribution in [1.82, 2.24) is 10.3 Å². The minimum Gasteiger partial charge on any atom is -0.354 e. The average molecular weight is 233 g/mol. The van der Waals surface area contributed by atoms with E-state index in [0.29, 0.717) is 5.02 Å². The molecule has 0 radical (unpaired) electrons. The molecule has 76 valence electrons. The van der Waals surface area contributed by atoms with Crippen molar-refractivity contribution in [3.8, 4) is 0 Å². The van der Waals surface area contributed by atoms with Crippen molar-refractivity contribution in [2.75, 3.05) is 18.4 Å². The highest BCUT2D eigenvalue weighted by molar-refractivity contribution is 6.30. The summed E-state index contributed by atoms with van der Waals surface area (Å²) < 4.78 is 0. The summed E-state index contributed by atoms with van der Waals surface area (Å²) in [4.78, 5) is 8.25. The lowest BCUT2D eigenvalue weighted by Crippen LogP contribution is -2.26. The van der Waals surface area contributed by atoms with Gasteiger partial charge in [-0.15, -0.1) is 12.4 Å². The van der Waals surface area contributed by atoms with Crippen molar-refractivity contribution >= 4 is 35.8 Å². The van der Waals surface area contributed by atoms with Gasteiger partial charge in [0.25, 0.3) is 0 Å². The van der Waals surface area contributed by atoms with Gasteiger partial charge in [-0.05, 0) is 12.1 Å². The van der Waals surface area contributed by atoms with Crippen molar-refractivity contribution in [3.63, 3.8) is 0 Å². The molecule has 2 rings (SSSR count). The van der Waals surface area contributed by atoms with Crippen LogP contribution in [0.4, 0.5) is 5.82 Å². The van der Waals surface area contributed by atoms with E-state index in [0.717, 1.165) is 24.9 Å². The predicted octanol–water partition coefficient (Wildman–Crippen LogP) is 1.53. The maximum Gasteiger partial charge on any atom is 0.197 e. The van der Waals surface area contributed by atoms with E-state index < -0.39 is 0 Å². The molecule has 0 aliphatic carbocycles. The molecule has 14 heavy (non-hydrogen) atoms. The number of hydrogen-bond donors (Lipinski definition) is 2. The van der Waals surface area contributed by atoms with E-state index in [-0.39, 0.29) is 12.4 Å². The van der Waals surface area contributed by atoms with E-state index in [4.69, 9.17) is 11.6 Å². The summed E-state index contributed by atoms with van der Waals surface area (Å²) in [6, 6.07) is 3.59. The number of rotatable bonds is 1. The smallest absolute Gasteiger partial charge is 0.197 e. The van der Waals surface area contributed by atoms with Crippen molar-refractivity contribution in [3.05, 3.63) is 23.4 Å².